The first-order valence-corrected chi connectivity index (χ1v) is 7.35. The molecule has 0 radical (unpaired) electrons. The minimum atomic E-state index is -1.02. The minimum absolute atomic E-state index is 0.574. The van der Waals surface area contributed by atoms with Gasteiger partial charge in [0.1, 0.15) is 5.60 Å². The van der Waals surface area contributed by atoms with Crippen molar-refractivity contribution in [2.75, 3.05) is 0 Å². The summed E-state index contributed by atoms with van der Waals surface area (Å²) in [5.41, 5.74) is 2.12. The molecule has 2 aliphatic rings. The molecular formula is C17H21NO. The van der Waals surface area contributed by atoms with E-state index in [1.807, 2.05) is 13.0 Å². The second kappa shape index (κ2) is 4.35. The summed E-state index contributed by atoms with van der Waals surface area (Å²) in [7, 11) is 0. The highest BCUT2D eigenvalue weighted by Gasteiger charge is 2.52. The van der Waals surface area contributed by atoms with Gasteiger partial charge in [-0.2, -0.15) is 5.26 Å². The standard InChI is InChI=1S/C17H21NO/c1-16(19,17(12-18)9-4-10-17)15-8-7-13-5-2-3-6-14(13)11-15/h7-8,11,19H,2-6,9-10H2,1H3. The zero-order valence-electron chi connectivity index (χ0n) is 11.6. The van der Waals surface area contributed by atoms with E-state index in [-0.39, 0.29) is 0 Å². The van der Waals surface area contributed by atoms with Gasteiger partial charge >= 0.3 is 0 Å². The Labute approximate surface area is 115 Å². The van der Waals surface area contributed by atoms with Crippen molar-refractivity contribution < 1.29 is 5.11 Å². The van der Waals surface area contributed by atoms with Crippen LogP contribution in [0.2, 0.25) is 0 Å². The predicted octanol–water partition coefficient (Wildman–Crippen LogP) is 3.47. The van der Waals surface area contributed by atoms with Crippen LogP contribution < -0.4 is 0 Å². The molecule has 0 saturated heterocycles. The van der Waals surface area contributed by atoms with E-state index in [9.17, 15) is 10.4 Å². The molecule has 1 fully saturated rings. The maximum absolute atomic E-state index is 10.9. The summed E-state index contributed by atoms with van der Waals surface area (Å²) < 4.78 is 0. The molecule has 0 amide bonds. The van der Waals surface area contributed by atoms with Gasteiger partial charge in [-0.15, -0.1) is 0 Å². The maximum Gasteiger partial charge on any atom is 0.105 e. The summed E-state index contributed by atoms with van der Waals surface area (Å²) in [4.78, 5) is 0. The van der Waals surface area contributed by atoms with Gasteiger partial charge in [-0.05, 0) is 62.1 Å². The number of hydrogen-bond donors (Lipinski definition) is 1. The molecule has 2 nitrogen and oxygen atoms in total. The molecule has 1 unspecified atom stereocenters. The lowest BCUT2D eigenvalue weighted by Gasteiger charge is -2.47. The first-order valence-electron chi connectivity index (χ1n) is 7.35. The van der Waals surface area contributed by atoms with Gasteiger partial charge in [0.15, 0.2) is 0 Å². The van der Waals surface area contributed by atoms with E-state index in [1.165, 1.54) is 24.0 Å². The molecule has 2 heteroatoms. The number of benzene rings is 1. The average Bonchev–Trinajstić information content (AvgIpc) is 2.37. The van der Waals surface area contributed by atoms with Gasteiger partial charge in [0, 0.05) is 0 Å². The van der Waals surface area contributed by atoms with Gasteiger partial charge in [0.2, 0.25) is 0 Å². The first-order chi connectivity index (χ1) is 9.09. The Bertz CT molecular complexity index is 535. The fourth-order valence-electron chi connectivity index (χ4n) is 3.55. The van der Waals surface area contributed by atoms with Crippen molar-refractivity contribution in [3.8, 4) is 6.07 Å². The predicted molar refractivity (Wildman–Crippen MR) is 74.6 cm³/mol. The number of hydrogen-bond acceptors (Lipinski definition) is 2. The zero-order valence-corrected chi connectivity index (χ0v) is 11.6. The molecule has 0 aliphatic heterocycles. The second-order valence-electron chi connectivity index (χ2n) is 6.31. The Morgan fingerprint density at radius 1 is 1.16 bits per heavy atom. The Morgan fingerprint density at radius 3 is 2.42 bits per heavy atom. The molecule has 19 heavy (non-hydrogen) atoms. The van der Waals surface area contributed by atoms with Crippen molar-refractivity contribution in [3.05, 3.63) is 34.9 Å². The van der Waals surface area contributed by atoms with Crippen LogP contribution in [-0.4, -0.2) is 5.11 Å². The molecule has 0 heterocycles. The van der Waals surface area contributed by atoms with Crippen LogP contribution in [0.5, 0.6) is 0 Å². The summed E-state index contributed by atoms with van der Waals surface area (Å²) in [6.45, 7) is 1.82. The van der Waals surface area contributed by atoms with Crippen LogP contribution in [0.15, 0.2) is 18.2 Å². The summed E-state index contributed by atoms with van der Waals surface area (Å²) in [6, 6.07) is 8.71. The molecule has 1 atom stereocenters. The quantitative estimate of drug-likeness (QED) is 0.879. The third-order valence-corrected chi connectivity index (χ3v) is 5.26. The molecule has 3 rings (SSSR count). The Kier molecular flexibility index (Phi) is 2.91. The summed E-state index contributed by atoms with van der Waals surface area (Å²) in [5.74, 6) is 0. The van der Waals surface area contributed by atoms with E-state index in [0.717, 1.165) is 37.7 Å². The van der Waals surface area contributed by atoms with E-state index in [4.69, 9.17) is 0 Å². The van der Waals surface area contributed by atoms with Crippen molar-refractivity contribution >= 4 is 0 Å². The number of fused-ring (bicyclic) bond motifs is 1. The molecular weight excluding hydrogens is 234 g/mol. The molecule has 0 bridgehead atoms. The highest BCUT2D eigenvalue weighted by atomic mass is 16.3. The molecule has 2 aliphatic carbocycles. The number of aryl methyl sites for hydroxylation is 2. The van der Waals surface area contributed by atoms with Crippen LogP contribution in [-0.2, 0) is 18.4 Å². The summed E-state index contributed by atoms with van der Waals surface area (Å²) in [6.07, 6.45) is 7.45. The fourth-order valence-corrected chi connectivity index (χ4v) is 3.55. The van der Waals surface area contributed by atoms with E-state index in [2.05, 4.69) is 18.2 Å². The van der Waals surface area contributed by atoms with E-state index >= 15 is 0 Å². The van der Waals surface area contributed by atoms with Crippen LogP contribution in [0, 0.1) is 16.7 Å². The lowest BCUT2D eigenvalue weighted by Crippen LogP contribution is -2.47. The van der Waals surface area contributed by atoms with Crippen LogP contribution in [0.3, 0.4) is 0 Å². The van der Waals surface area contributed by atoms with Gasteiger partial charge in [0.25, 0.3) is 0 Å². The summed E-state index contributed by atoms with van der Waals surface area (Å²) >= 11 is 0. The third kappa shape index (κ3) is 1.80. The van der Waals surface area contributed by atoms with Crippen LogP contribution in [0.1, 0.15) is 55.7 Å². The van der Waals surface area contributed by atoms with Crippen molar-refractivity contribution in [2.24, 2.45) is 5.41 Å². The highest BCUT2D eigenvalue weighted by molar-refractivity contribution is 5.38. The SMILES string of the molecule is CC(O)(c1ccc2c(c1)CCCC2)C1(C#N)CCC1. The van der Waals surface area contributed by atoms with Crippen LogP contribution in [0.25, 0.3) is 0 Å². The molecule has 100 valence electrons. The lowest BCUT2D eigenvalue weighted by molar-refractivity contribution is -0.0859. The Balaban J connectivity index is 1.99. The van der Waals surface area contributed by atoms with Crippen LogP contribution in [0.4, 0.5) is 0 Å². The van der Waals surface area contributed by atoms with Gasteiger partial charge in [-0.3, -0.25) is 0 Å². The monoisotopic (exact) mass is 255 g/mol. The fraction of sp³-hybridized carbons (Fsp3) is 0.588. The minimum Gasteiger partial charge on any atom is -0.384 e. The summed E-state index contributed by atoms with van der Waals surface area (Å²) in [5, 5.41) is 20.4. The molecule has 1 N–H and O–H groups in total. The van der Waals surface area contributed by atoms with Crippen molar-refractivity contribution in [1.82, 2.24) is 0 Å². The molecule has 1 aromatic carbocycles. The normalized spacial score (nSPS) is 23.6. The van der Waals surface area contributed by atoms with Gasteiger partial charge in [0.05, 0.1) is 11.5 Å². The van der Waals surface area contributed by atoms with Crippen molar-refractivity contribution in [1.29, 1.82) is 5.26 Å². The van der Waals surface area contributed by atoms with E-state index in [0.29, 0.717) is 0 Å². The Morgan fingerprint density at radius 2 is 1.84 bits per heavy atom. The van der Waals surface area contributed by atoms with Gasteiger partial charge in [-0.25, -0.2) is 0 Å². The van der Waals surface area contributed by atoms with Gasteiger partial charge in [-0.1, -0.05) is 24.6 Å². The maximum atomic E-state index is 10.9. The highest BCUT2D eigenvalue weighted by Crippen LogP contribution is 2.53. The topological polar surface area (TPSA) is 44.0 Å². The second-order valence-corrected chi connectivity index (χ2v) is 6.31. The van der Waals surface area contributed by atoms with E-state index < -0.39 is 11.0 Å². The smallest absolute Gasteiger partial charge is 0.105 e. The van der Waals surface area contributed by atoms with Crippen molar-refractivity contribution in [2.45, 2.75) is 57.5 Å². The number of nitriles is 1. The molecule has 1 aromatic rings. The number of rotatable bonds is 2. The zero-order chi connectivity index (χ0) is 13.5. The van der Waals surface area contributed by atoms with Gasteiger partial charge < -0.3 is 5.11 Å². The third-order valence-electron chi connectivity index (χ3n) is 5.26. The van der Waals surface area contributed by atoms with Crippen molar-refractivity contribution in [3.63, 3.8) is 0 Å². The molecule has 1 saturated carbocycles. The number of aliphatic hydroxyl groups is 1. The van der Waals surface area contributed by atoms with Crippen LogP contribution >= 0.6 is 0 Å². The first kappa shape index (κ1) is 12.7. The molecule has 0 aromatic heterocycles. The lowest BCUT2D eigenvalue weighted by atomic mass is 9.58. The Hall–Kier alpha value is -1.33. The average molecular weight is 255 g/mol. The number of nitrogens with zero attached hydrogens (tertiary/aromatic N) is 1. The molecule has 0 spiro atoms. The van der Waals surface area contributed by atoms with E-state index in [1.54, 1.807) is 0 Å². The largest absolute Gasteiger partial charge is 0.384 e.